The monoisotopic (exact) mass is 346 g/mol. The summed E-state index contributed by atoms with van der Waals surface area (Å²) in [4.78, 5) is 0. The van der Waals surface area contributed by atoms with Gasteiger partial charge in [-0.3, -0.25) is 0 Å². The van der Waals surface area contributed by atoms with Crippen LogP contribution in [0.15, 0.2) is 24.3 Å². The predicted octanol–water partition coefficient (Wildman–Crippen LogP) is 4.70. The zero-order valence-corrected chi connectivity index (χ0v) is 18.0. The van der Waals surface area contributed by atoms with E-state index in [1.165, 1.54) is 52.7 Å². The van der Waals surface area contributed by atoms with Crippen LogP contribution in [-0.4, -0.2) is 0 Å². The summed E-state index contributed by atoms with van der Waals surface area (Å²) in [6, 6.07) is 9.31. The van der Waals surface area contributed by atoms with Gasteiger partial charge in [0.1, 0.15) is 0 Å². The smallest absolute Gasteiger partial charge is 0.173 e. The number of hydrogen-bond acceptors (Lipinski definition) is 0. The molecule has 1 heterocycles. The maximum Gasteiger partial charge on any atom is 1.00 e. The second kappa shape index (κ2) is 7.32. The van der Waals surface area contributed by atoms with Gasteiger partial charge in [-0.15, -0.1) is 24.9 Å². The molecule has 120 valence electrons. The summed E-state index contributed by atoms with van der Waals surface area (Å²) >= 11 is 0. The van der Waals surface area contributed by atoms with Gasteiger partial charge in [0.15, 0.2) is 0 Å². The van der Waals surface area contributed by atoms with Crippen LogP contribution in [0.2, 0.25) is 0 Å². The topological polar surface area (TPSA) is 0 Å². The summed E-state index contributed by atoms with van der Waals surface area (Å²) in [5.41, 5.74) is 11.6. The molecule has 0 aliphatic rings. The van der Waals surface area contributed by atoms with Crippen molar-refractivity contribution in [1.29, 1.82) is 0 Å². The minimum absolute atomic E-state index is 0. The fourth-order valence-corrected chi connectivity index (χ4v) is 8.24. The Balaban J connectivity index is 0.00000208. The zero-order valence-electron chi connectivity index (χ0n) is 16.2. The third-order valence-corrected chi connectivity index (χ3v) is 9.64. The third-order valence-electron chi connectivity index (χ3n) is 4.65. The standard InChI is InChI=1S/C21H25P2.Li/c1-12-8-14(3)18(15(4)9-12)20-22-21(23(20)7)19-16(5)10-13(2)11-17(19)6;/h8-11H,1-7H3;/q-1;+1. The van der Waals surface area contributed by atoms with Crippen LogP contribution in [0.4, 0.5) is 0 Å². The van der Waals surface area contributed by atoms with Crippen molar-refractivity contribution in [2.75, 3.05) is 0 Å². The summed E-state index contributed by atoms with van der Waals surface area (Å²) in [6.45, 7) is 15.9. The second-order valence-corrected chi connectivity index (χ2v) is 10.7. The van der Waals surface area contributed by atoms with Crippen molar-refractivity contribution in [1.82, 2.24) is 0 Å². The minimum Gasteiger partial charge on any atom is -0.173 e. The van der Waals surface area contributed by atoms with E-state index in [1.54, 1.807) is 10.1 Å². The average molecular weight is 346 g/mol. The Bertz CT molecular complexity index is 780. The van der Waals surface area contributed by atoms with Gasteiger partial charge in [0.05, 0.1) is 0 Å². The number of rotatable bonds is 2. The first-order valence-corrected chi connectivity index (χ1v) is 10.8. The van der Waals surface area contributed by atoms with Crippen molar-refractivity contribution in [2.45, 2.75) is 41.5 Å². The van der Waals surface area contributed by atoms with Crippen LogP contribution >= 0.6 is 15.7 Å². The van der Waals surface area contributed by atoms with E-state index in [2.05, 4.69) is 72.5 Å². The molecule has 24 heavy (non-hydrogen) atoms. The molecule has 0 spiro atoms. The molecule has 2 aromatic carbocycles. The molecule has 0 atom stereocenters. The van der Waals surface area contributed by atoms with E-state index in [1.807, 2.05) is 0 Å². The molecule has 3 aromatic rings. The number of benzene rings is 2. The zero-order chi connectivity index (χ0) is 16.9. The summed E-state index contributed by atoms with van der Waals surface area (Å²) in [6.07, 6.45) is 0. The molecule has 0 saturated heterocycles. The molecule has 0 unspecified atom stereocenters. The normalized spacial score (nSPS) is 11.9. The summed E-state index contributed by atoms with van der Waals surface area (Å²) in [5.74, 6) is 0. The molecule has 0 bridgehead atoms. The Kier molecular flexibility index (Phi) is 6.01. The van der Waals surface area contributed by atoms with Gasteiger partial charge in [-0.05, 0) is 61.1 Å². The molecule has 0 fully saturated rings. The SMILES string of the molecule is Cc1cc(C)c(-c2p[c-](-c3c(C)cc(C)cc3C)p2C)c(C)c1.[Li+]. The van der Waals surface area contributed by atoms with Crippen molar-refractivity contribution < 1.29 is 18.9 Å². The van der Waals surface area contributed by atoms with Gasteiger partial charge in [0, 0.05) is 0 Å². The van der Waals surface area contributed by atoms with Gasteiger partial charge in [0.2, 0.25) is 0 Å². The second-order valence-electron chi connectivity index (χ2n) is 6.87. The first-order valence-electron chi connectivity index (χ1n) is 8.15. The average Bonchev–Trinajstić information content (AvgIpc) is 2.42. The molecular formula is C21H25LiP2. The van der Waals surface area contributed by atoms with Crippen molar-refractivity contribution in [3.05, 3.63) is 57.6 Å². The molecule has 0 nitrogen and oxygen atoms in total. The van der Waals surface area contributed by atoms with Crippen LogP contribution in [0, 0.1) is 41.5 Å². The fourth-order valence-electron chi connectivity index (χ4n) is 3.82. The first kappa shape index (κ1) is 19.7. The maximum atomic E-state index is 2.44. The first-order chi connectivity index (χ1) is 10.8. The summed E-state index contributed by atoms with van der Waals surface area (Å²) in [5, 5.41) is 3.31. The van der Waals surface area contributed by atoms with Crippen LogP contribution in [0.3, 0.4) is 0 Å². The molecule has 3 rings (SSSR count). The van der Waals surface area contributed by atoms with Crippen molar-refractivity contribution in [3.8, 4) is 21.2 Å². The quantitative estimate of drug-likeness (QED) is 0.466. The van der Waals surface area contributed by atoms with Crippen LogP contribution < -0.4 is 18.9 Å². The van der Waals surface area contributed by atoms with E-state index in [0.29, 0.717) is 0 Å². The molecule has 0 saturated carbocycles. The van der Waals surface area contributed by atoms with Crippen LogP contribution in [0.1, 0.15) is 33.4 Å². The molecule has 0 aliphatic carbocycles. The minimum atomic E-state index is -0.160. The Morgan fingerprint density at radius 1 is 0.750 bits per heavy atom. The summed E-state index contributed by atoms with van der Waals surface area (Å²) < 4.78 is 0. The Labute approximate surface area is 161 Å². The Morgan fingerprint density at radius 2 is 1.17 bits per heavy atom. The molecule has 0 N–H and O–H groups in total. The van der Waals surface area contributed by atoms with Crippen molar-refractivity contribution in [2.24, 2.45) is 6.66 Å². The molecule has 0 radical (unpaired) electrons. The van der Waals surface area contributed by atoms with Gasteiger partial charge < -0.3 is 0 Å². The molecule has 0 amide bonds. The number of aryl methyl sites for hydroxylation is 6. The third kappa shape index (κ3) is 3.36. The van der Waals surface area contributed by atoms with Gasteiger partial charge in [-0.25, -0.2) is 0 Å². The molecule has 1 aromatic heterocycles. The van der Waals surface area contributed by atoms with Crippen molar-refractivity contribution in [3.63, 3.8) is 0 Å². The van der Waals surface area contributed by atoms with Crippen LogP contribution in [0.25, 0.3) is 21.2 Å². The largest absolute Gasteiger partial charge is 1.00 e. The molecular weight excluding hydrogens is 321 g/mol. The van der Waals surface area contributed by atoms with E-state index >= 15 is 0 Å². The Morgan fingerprint density at radius 3 is 1.58 bits per heavy atom. The van der Waals surface area contributed by atoms with Crippen molar-refractivity contribution >= 4 is 15.7 Å². The van der Waals surface area contributed by atoms with Gasteiger partial charge in [-0.1, -0.05) is 49.2 Å². The maximum absolute atomic E-state index is 2.44. The van der Waals surface area contributed by atoms with E-state index in [4.69, 9.17) is 0 Å². The van der Waals surface area contributed by atoms with E-state index < -0.39 is 0 Å². The number of hydrogen-bond donors (Lipinski definition) is 0. The van der Waals surface area contributed by atoms with E-state index in [9.17, 15) is 0 Å². The molecule has 3 heteroatoms. The van der Waals surface area contributed by atoms with Gasteiger partial charge in [-0.2, -0.15) is 7.53 Å². The molecule has 0 aliphatic heterocycles. The van der Waals surface area contributed by atoms with E-state index in [0.717, 1.165) is 0 Å². The summed E-state index contributed by atoms with van der Waals surface area (Å²) in [7, 11) is 1.29. The Hall–Kier alpha value is -0.623. The van der Waals surface area contributed by atoms with Gasteiger partial charge in [0.25, 0.3) is 0 Å². The van der Waals surface area contributed by atoms with Gasteiger partial charge >= 0.3 is 18.9 Å². The predicted molar refractivity (Wildman–Crippen MR) is 108 cm³/mol. The van der Waals surface area contributed by atoms with E-state index in [-0.39, 0.29) is 26.4 Å². The fraction of sp³-hybridized carbons (Fsp3) is 0.333. The van der Waals surface area contributed by atoms with Crippen LogP contribution in [-0.2, 0) is 6.66 Å². The van der Waals surface area contributed by atoms with Crippen LogP contribution in [0.5, 0.6) is 0 Å².